The Morgan fingerprint density at radius 1 is 1.05 bits per heavy atom. The van der Waals surface area contributed by atoms with E-state index in [1.54, 1.807) is 36.4 Å². The lowest BCUT2D eigenvalue weighted by molar-refractivity contribution is -0.113. The molecule has 7 heteroatoms. The predicted octanol–water partition coefficient (Wildman–Crippen LogP) is 4.96. The first-order valence-electron chi connectivity index (χ1n) is 5.88. The third-order valence-corrected chi connectivity index (χ3v) is 4.76. The number of nitrogens with two attached hydrogens (primary N) is 1. The van der Waals surface area contributed by atoms with Gasteiger partial charge in [-0.15, -0.1) is 11.8 Å². The van der Waals surface area contributed by atoms with E-state index >= 15 is 0 Å². The van der Waals surface area contributed by atoms with Gasteiger partial charge < -0.3 is 11.1 Å². The van der Waals surface area contributed by atoms with Gasteiger partial charge in [-0.2, -0.15) is 0 Å². The van der Waals surface area contributed by atoms with E-state index in [1.165, 1.54) is 11.8 Å². The number of nitrogen functional groups attached to an aromatic ring is 1. The lowest BCUT2D eigenvalue weighted by Gasteiger charge is -2.07. The zero-order valence-electron chi connectivity index (χ0n) is 10.7. The van der Waals surface area contributed by atoms with E-state index in [9.17, 15) is 4.79 Å². The van der Waals surface area contributed by atoms with Crippen molar-refractivity contribution in [2.45, 2.75) is 4.90 Å². The van der Waals surface area contributed by atoms with E-state index in [0.717, 1.165) is 4.90 Å². The van der Waals surface area contributed by atoms with Crippen molar-refractivity contribution >= 4 is 63.8 Å². The largest absolute Gasteiger partial charge is 0.399 e. The van der Waals surface area contributed by atoms with Gasteiger partial charge in [0.15, 0.2) is 0 Å². The topological polar surface area (TPSA) is 55.1 Å². The monoisotopic (exact) mass is 360 g/mol. The number of benzene rings is 2. The van der Waals surface area contributed by atoms with Gasteiger partial charge >= 0.3 is 0 Å². The molecule has 110 valence electrons. The summed E-state index contributed by atoms with van der Waals surface area (Å²) in [6, 6.07) is 10.1. The number of thioether (sulfide) groups is 1. The minimum atomic E-state index is -0.161. The molecule has 0 aliphatic carbocycles. The minimum absolute atomic E-state index is 0.161. The number of hydrogen-bond donors (Lipinski definition) is 2. The molecule has 2 aromatic rings. The lowest BCUT2D eigenvalue weighted by Crippen LogP contribution is -2.13. The molecular weight excluding hydrogens is 351 g/mol. The summed E-state index contributed by atoms with van der Waals surface area (Å²) in [5.74, 6) is 0.0652. The molecule has 0 aliphatic heterocycles. The molecule has 0 bridgehead atoms. The molecule has 0 atom stereocenters. The fraction of sp³-hybridized carbons (Fsp3) is 0.0714. The molecule has 0 spiro atoms. The van der Waals surface area contributed by atoms with Gasteiger partial charge in [-0.05, 0) is 36.4 Å². The first kappa shape index (κ1) is 16.3. The van der Waals surface area contributed by atoms with Crippen LogP contribution in [0.25, 0.3) is 0 Å². The van der Waals surface area contributed by atoms with Gasteiger partial charge in [-0.1, -0.05) is 34.8 Å². The third kappa shape index (κ3) is 4.71. The van der Waals surface area contributed by atoms with E-state index in [0.29, 0.717) is 26.4 Å². The molecule has 3 nitrogen and oxygen atoms in total. The summed E-state index contributed by atoms with van der Waals surface area (Å²) < 4.78 is 0. The Hall–Kier alpha value is -1.07. The highest BCUT2D eigenvalue weighted by Crippen LogP contribution is 2.29. The second kappa shape index (κ2) is 7.27. The molecule has 21 heavy (non-hydrogen) atoms. The Bertz CT molecular complexity index is 679. The highest BCUT2D eigenvalue weighted by Gasteiger charge is 2.08. The molecule has 0 heterocycles. The smallest absolute Gasteiger partial charge is 0.234 e. The molecule has 0 unspecified atom stereocenters. The van der Waals surface area contributed by atoms with Crippen LogP contribution in [0.4, 0.5) is 11.4 Å². The summed E-state index contributed by atoms with van der Waals surface area (Å²) in [5.41, 5.74) is 6.80. The van der Waals surface area contributed by atoms with Gasteiger partial charge in [-0.25, -0.2) is 0 Å². The maximum atomic E-state index is 11.9. The van der Waals surface area contributed by atoms with Crippen molar-refractivity contribution in [3.63, 3.8) is 0 Å². The highest BCUT2D eigenvalue weighted by molar-refractivity contribution is 8.00. The maximum absolute atomic E-state index is 11.9. The van der Waals surface area contributed by atoms with Crippen LogP contribution in [0.5, 0.6) is 0 Å². The summed E-state index contributed by atoms with van der Waals surface area (Å²) >= 11 is 19.1. The Morgan fingerprint density at radius 3 is 2.48 bits per heavy atom. The molecule has 2 aromatic carbocycles. The number of hydrogen-bond acceptors (Lipinski definition) is 3. The second-order valence-electron chi connectivity index (χ2n) is 4.16. The summed E-state index contributed by atoms with van der Waals surface area (Å²) in [6.45, 7) is 0. The number of carbonyl (C=O) groups excluding carboxylic acids is 1. The van der Waals surface area contributed by atoms with Crippen LogP contribution in [0.2, 0.25) is 15.1 Å². The summed E-state index contributed by atoms with van der Waals surface area (Å²) in [5, 5.41) is 4.10. The third-order valence-electron chi connectivity index (χ3n) is 2.52. The van der Waals surface area contributed by atoms with Gasteiger partial charge in [0, 0.05) is 16.3 Å². The molecule has 0 fully saturated rings. The van der Waals surface area contributed by atoms with Crippen molar-refractivity contribution in [2.75, 3.05) is 16.8 Å². The number of rotatable bonds is 4. The molecular formula is C14H11Cl3N2OS. The normalized spacial score (nSPS) is 10.4. The van der Waals surface area contributed by atoms with Crippen LogP contribution < -0.4 is 11.1 Å². The van der Waals surface area contributed by atoms with Crippen LogP contribution >= 0.6 is 46.6 Å². The van der Waals surface area contributed by atoms with Gasteiger partial charge in [0.05, 0.1) is 20.8 Å². The first-order chi connectivity index (χ1) is 9.95. The van der Waals surface area contributed by atoms with Crippen LogP contribution in [0.15, 0.2) is 41.3 Å². The Labute approximate surface area is 141 Å². The lowest BCUT2D eigenvalue weighted by atomic mass is 10.3. The molecule has 0 aromatic heterocycles. The summed E-state index contributed by atoms with van der Waals surface area (Å²) in [7, 11) is 0. The van der Waals surface area contributed by atoms with Gasteiger partial charge in [0.1, 0.15) is 0 Å². The minimum Gasteiger partial charge on any atom is -0.399 e. The van der Waals surface area contributed by atoms with E-state index in [1.807, 2.05) is 0 Å². The number of halogens is 3. The van der Waals surface area contributed by atoms with E-state index in [2.05, 4.69) is 5.32 Å². The molecule has 0 saturated heterocycles. The van der Waals surface area contributed by atoms with Gasteiger partial charge in [-0.3, -0.25) is 4.79 Å². The average molecular weight is 362 g/mol. The fourth-order valence-corrected chi connectivity index (χ4v) is 2.92. The number of nitrogens with one attached hydrogen (secondary N) is 1. The molecule has 1 amide bonds. The van der Waals surface area contributed by atoms with E-state index in [-0.39, 0.29) is 11.7 Å². The Morgan fingerprint density at radius 2 is 1.81 bits per heavy atom. The summed E-state index contributed by atoms with van der Waals surface area (Å²) in [4.78, 5) is 12.7. The zero-order chi connectivity index (χ0) is 15.4. The molecule has 0 radical (unpaired) electrons. The highest BCUT2D eigenvalue weighted by atomic mass is 35.5. The predicted molar refractivity (Wildman–Crippen MR) is 91.7 cm³/mol. The SMILES string of the molecule is Nc1ccc(SCC(=O)Nc2ccc(Cl)c(Cl)c2)c(Cl)c1. The van der Waals surface area contributed by atoms with Crippen molar-refractivity contribution < 1.29 is 4.79 Å². The summed E-state index contributed by atoms with van der Waals surface area (Å²) in [6.07, 6.45) is 0. The first-order valence-corrected chi connectivity index (χ1v) is 8.00. The molecule has 2 rings (SSSR count). The molecule has 0 aliphatic rings. The number of amides is 1. The Kier molecular flexibility index (Phi) is 5.65. The van der Waals surface area contributed by atoms with Crippen LogP contribution in [0.1, 0.15) is 0 Å². The standard InChI is InChI=1S/C14H11Cl3N2OS/c15-10-3-2-9(6-11(10)16)19-14(20)7-21-13-4-1-8(18)5-12(13)17/h1-6H,7,18H2,(H,19,20). The van der Waals surface area contributed by atoms with Crippen molar-refractivity contribution in [2.24, 2.45) is 0 Å². The Balaban J connectivity index is 1.94. The molecule has 0 saturated carbocycles. The van der Waals surface area contributed by atoms with Crippen LogP contribution in [-0.4, -0.2) is 11.7 Å². The van der Waals surface area contributed by atoms with E-state index < -0.39 is 0 Å². The fourth-order valence-electron chi connectivity index (χ4n) is 1.55. The van der Waals surface area contributed by atoms with Crippen molar-refractivity contribution in [3.05, 3.63) is 51.5 Å². The average Bonchev–Trinajstić information content (AvgIpc) is 2.42. The number of anilines is 2. The number of carbonyl (C=O) groups is 1. The van der Waals surface area contributed by atoms with Gasteiger partial charge in [0.25, 0.3) is 0 Å². The quantitative estimate of drug-likeness (QED) is 0.598. The van der Waals surface area contributed by atoms with Crippen molar-refractivity contribution in [3.8, 4) is 0 Å². The van der Waals surface area contributed by atoms with Crippen molar-refractivity contribution in [1.82, 2.24) is 0 Å². The van der Waals surface area contributed by atoms with Crippen LogP contribution in [0.3, 0.4) is 0 Å². The van der Waals surface area contributed by atoms with Crippen LogP contribution in [-0.2, 0) is 4.79 Å². The van der Waals surface area contributed by atoms with Crippen molar-refractivity contribution in [1.29, 1.82) is 0 Å². The van der Waals surface area contributed by atoms with Crippen LogP contribution in [0, 0.1) is 0 Å². The van der Waals surface area contributed by atoms with E-state index in [4.69, 9.17) is 40.5 Å². The zero-order valence-corrected chi connectivity index (χ0v) is 13.8. The maximum Gasteiger partial charge on any atom is 0.234 e. The second-order valence-corrected chi connectivity index (χ2v) is 6.39. The molecule has 3 N–H and O–H groups in total. The van der Waals surface area contributed by atoms with Gasteiger partial charge in [0.2, 0.25) is 5.91 Å².